The molecule has 1 unspecified atom stereocenters. The molecule has 230 valence electrons. The van der Waals surface area contributed by atoms with Crippen molar-refractivity contribution in [1.82, 2.24) is 30.0 Å². The van der Waals surface area contributed by atoms with Crippen molar-refractivity contribution in [3.8, 4) is 11.4 Å². The van der Waals surface area contributed by atoms with E-state index in [1.165, 1.54) is 13.2 Å². The second kappa shape index (κ2) is 14.6. The molecule has 1 aliphatic heterocycles. The average molecular weight is 640 g/mol. The maximum absolute atomic E-state index is 13.5. The van der Waals surface area contributed by atoms with Gasteiger partial charge in [0, 0.05) is 43.7 Å². The summed E-state index contributed by atoms with van der Waals surface area (Å²) >= 11 is 0. The summed E-state index contributed by atoms with van der Waals surface area (Å²) in [4.78, 5) is 16.0. The van der Waals surface area contributed by atoms with E-state index < -0.39 is 18.0 Å². The second-order valence-corrected chi connectivity index (χ2v) is 9.87. The molecule has 1 aromatic heterocycles. The minimum Gasteiger partial charge on any atom is -0.496 e. The lowest BCUT2D eigenvalue weighted by molar-refractivity contribution is -0.146. The van der Waals surface area contributed by atoms with Crippen LogP contribution in [0.5, 0.6) is 5.75 Å². The molecule has 1 atom stereocenters. The van der Waals surface area contributed by atoms with Gasteiger partial charge in [-0.3, -0.25) is 14.6 Å². The number of rotatable bonds is 9. The Hall–Kier alpha value is -3.71. The maximum Gasteiger partial charge on any atom is 0.453 e. The monoisotopic (exact) mass is 638 g/mol. The zero-order valence-electron chi connectivity index (χ0n) is 23.1. The fourth-order valence-electron chi connectivity index (χ4n) is 5.49. The van der Waals surface area contributed by atoms with Gasteiger partial charge in [0.05, 0.1) is 19.3 Å². The summed E-state index contributed by atoms with van der Waals surface area (Å²) in [5, 5.41) is 19.6. The number of tetrazole rings is 1. The molecule has 0 saturated carbocycles. The zero-order valence-corrected chi connectivity index (χ0v) is 24.7. The third kappa shape index (κ3) is 7.82. The minimum atomic E-state index is -4.72. The van der Waals surface area contributed by atoms with E-state index in [4.69, 9.17) is 4.74 Å². The van der Waals surface area contributed by atoms with Gasteiger partial charge in [-0.25, -0.2) is 0 Å². The predicted molar refractivity (Wildman–Crippen MR) is 158 cm³/mol. The molecule has 0 radical (unpaired) electrons. The summed E-state index contributed by atoms with van der Waals surface area (Å²) in [7, 11) is 1.51. The molecule has 14 heteroatoms. The lowest BCUT2D eigenvalue weighted by atomic mass is 9.83. The fraction of sp³-hybridized carbons (Fsp3) is 0.310. The fourth-order valence-corrected chi connectivity index (χ4v) is 5.49. The van der Waals surface area contributed by atoms with E-state index in [0.29, 0.717) is 42.2 Å². The van der Waals surface area contributed by atoms with E-state index in [2.05, 4.69) is 20.4 Å². The van der Waals surface area contributed by atoms with Gasteiger partial charge in [0.1, 0.15) is 5.75 Å². The Labute approximate surface area is 259 Å². The van der Waals surface area contributed by atoms with Crippen molar-refractivity contribution >= 4 is 30.8 Å². The van der Waals surface area contributed by atoms with Gasteiger partial charge < -0.3 is 9.84 Å². The number of aromatic nitrogens is 4. The molecular formula is C29H31Cl2F3N6O3. The number of carboxylic acids is 1. The van der Waals surface area contributed by atoms with E-state index in [1.807, 2.05) is 65.6 Å². The van der Waals surface area contributed by atoms with Crippen LogP contribution in [-0.4, -0.2) is 80.4 Å². The van der Waals surface area contributed by atoms with Crippen LogP contribution in [0, 0.1) is 0 Å². The van der Waals surface area contributed by atoms with Crippen LogP contribution in [0.4, 0.5) is 13.2 Å². The highest BCUT2D eigenvalue weighted by molar-refractivity contribution is 5.85. The number of halogens is 5. The first-order valence-electron chi connectivity index (χ1n) is 13.1. The van der Waals surface area contributed by atoms with Gasteiger partial charge in [0.2, 0.25) is 0 Å². The van der Waals surface area contributed by atoms with Crippen LogP contribution < -0.4 is 4.74 Å². The number of nitrogens with zero attached hydrogens (tertiary/aromatic N) is 6. The highest BCUT2D eigenvalue weighted by Gasteiger charge is 2.39. The van der Waals surface area contributed by atoms with Gasteiger partial charge in [-0.2, -0.15) is 17.9 Å². The first kappa shape index (κ1) is 33.8. The number of carbonyl (C=O) groups is 1. The van der Waals surface area contributed by atoms with Crippen molar-refractivity contribution in [2.75, 3.05) is 33.3 Å². The van der Waals surface area contributed by atoms with Crippen molar-refractivity contribution in [3.63, 3.8) is 0 Å². The third-order valence-electron chi connectivity index (χ3n) is 7.28. The van der Waals surface area contributed by atoms with Gasteiger partial charge >= 0.3 is 12.1 Å². The summed E-state index contributed by atoms with van der Waals surface area (Å²) in [6.07, 6.45) is -4.72. The Morgan fingerprint density at radius 1 is 1.00 bits per heavy atom. The number of hydrogen-bond acceptors (Lipinski definition) is 7. The zero-order chi connectivity index (χ0) is 29.0. The molecule has 4 aromatic rings. The summed E-state index contributed by atoms with van der Waals surface area (Å²) in [6.45, 7) is 1.85. The van der Waals surface area contributed by atoms with Crippen molar-refractivity contribution in [1.29, 1.82) is 0 Å². The third-order valence-corrected chi connectivity index (χ3v) is 7.28. The molecule has 0 bridgehead atoms. The molecule has 3 aromatic carbocycles. The van der Waals surface area contributed by atoms with Gasteiger partial charge in [0.25, 0.3) is 5.82 Å². The number of alkyl halides is 3. The molecule has 0 amide bonds. The normalized spacial score (nSPS) is 15.9. The van der Waals surface area contributed by atoms with Gasteiger partial charge in [0.15, 0.2) is 0 Å². The first-order chi connectivity index (χ1) is 19.7. The van der Waals surface area contributed by atoms with E-state index >= 15 is 0 Å². The van der Waals surface area contributed by atoms with Gasteiger partial charge in [-0.1, -0.05) is 60.7 Å². The molecule has 5 rings (SSSR count). The number of benzene rings is 3. The number of hydrogen-bond donors (Lipinski definition) is 1. The predicted octanol–water partition coefficient (Wildman–Crippen LogP) is 4.94. The Morgan fingerprint density at radius 3 is 2.19 bits per heavy atom. The van der Waals surface area contributed by atoms with Crippen molar-refractivity contribution in [2.24, 2.45) is 0 Å². The molecule has 1 fully saturated rings. The summed E-state index contributed by atoms with van der Waals surface area (Å²) in [5.41, 5.74) is 2.96. The molecule has 2 heterocycles. The van der Waals surface area contributed by atoms with E-state index in [-0.39, 0.29) is 49.0 Å². The Balaban J connectivity index is 0.00000253. The smallest absolute Gasteiger partial charge is 0.453 e. The quantitative estimate of drug-likeness (QED) is 0.276. The summed E-state index contributed by atoms with van der Waals surface area (Å²) in [6, 6.07) is 24.4. The van der Waals surface area contributed by atoms with Crippen LogP contribution in [0.15, 0.2) is 78.9 Å². The average Bonchev–Trinajstić information content (AvgIpc) is 3.47. The van der Waals surface area contributed by atoms with Gasteiger partial charge in [-0.05, 0) is 39.8 Å². The lowest BCUT2D eigenvalue weighted by Crippen LogP contribution is -2.56. The largest absolute Gasteiger partial charge is 0.496 e. The van der Waals surface area contributed by atoms with Crippen LogP contribution in [0.25, 0.3) is 5.69 Å². The SMILES string of the molecule is COc1ccc(-n2nnnc2C(F)(F)F)cc1CN1CCN(CC(=O)O)C(C(c2ccccc2)c2ccccc2)C1.Cl.Cl. The molecule has 1 aliphatic rings. The first-order valence-corrected chi connectivity index (χ1v) is 13.1. The Bertz CT molecular complexity index is 1440. The molecule has 1 saturated heterocycles. The van der Waals surface area contributed by atoms with E-state index in [0.717, 1.165) is 11.1 Å². The maximum atomic E-state index is 13.5. The number of carboxylic acid groups (broad SMARTS) is 1. The topological polar surface area (TPSA) is 96.6 Å². The van der Waals surface area contributed by atoms with Crippen molar-refractivity contribution in [3.05, 3.63) is 101 Å². The van der Waals surface area contributed by atoms with Gasteiger partial charge in [-0.15, -0.1) is 29.9 Å². The molecule has 9 nitrogen and oxygen atoms in total. The number of aliphatic carboxylic acids is 1. The van der Waals surface area contributed by atoms with Crippen LogP contribution in [-0.2, 0) is 17.5 Å². The van der Waals surface area contributed by atoms with E-state index in [1.54, 1.807) is 12.1 Å². The summed E-state index contributed by atoms with van der Waals surface area (Å²) in [5.74, 6) is -1.71. The Kier molecular flexibility index (Phi) is 11.5. The highest BCUT2D eigenvalue weighted by Crippen LogP contribution is 2.35. The lowest BCUT2D eigenvalue weighted by Gasteiger charge is -2.44. The second-order valence-electron chi connectivity index (χ2n) is 9.87. The van der Waals surface area contributed by atoms with Crippen LogP contribution in [0.2, 0.25) is 0 Å². The molecule has 1 N–H and O–H groups in total. The summed E-state index contributed by atoms with van der Waals surface area (Å²) < 4.78 is 46.6. The Morgan fingerprint density at radius 2 is 1.63 bits per heavy atom. The van der Waals surface area contributed by atoms with Crippen LogP contribution in [0.1, 0.15) is 28.4 Å². The number of piperazine rings is 1. The molecule has 0 spiro atoms. The van der Waals surface area contributed by atoms with E-state index in [9.17, 15) is 23.1 Å². The number of ether oxygens (including phenoxy) is 1. The minimum absolute atomic E-state index is 0. The molecule has 0 aliphatic carbocycles. The van der Waals surface area contributed by atoms with Crippen molar-refractivity contribution in [2.45, 2.75) is 24.7 Å². The van der Waals surface area contributed by atoms with Crippen LogP contribution in [0.3, 0.4) is 0 Å². The standard InChI is InChI=1S/C29H29F3N6O3.2ClH/c1-41-25-13-12-23(38-28(29(30,31)32)33-34-35-38)16-22(25)17-36-14-15-37(19-26(39)40)24(18-36)27(20-8-4-2-5-9-20)21-10-6-3-7-11-21;;/h2-13,16,24,27H,14-15,17-19H2,1H3,(H,39,40);2*1H. The van der Waals surface area contributed by atoms with Crippen LogP contribution >= 0.6 is 24.8 Å². The number of methoxy groups -OCH3 is 1. The molecular weight excluding hydrogens is 608 g/mol. The van der Waals surface area contributed by atoms with Crippen molar-refractivity contribution < 1.29 is 27.8 Å². The molecule has 43 heavy (non-hydrogen) atoms. The highest BCUT2D eigenvalue weighted by atomic mass is 35.5.